The maximum absolute atomic E-state index is 10.0. The number of rotatable bonds is 12. The Balaban J connectivity index is 0.000000288. The minimum atomic E-state index is 0.230. The molecule has 0 heterocycles. The van der Waals surface area contributed by atoms with Crippen LogP contribution in [0.2, 0.25) is 0 Å². The molecule has 0 saturated heterocycles. The Bertz CT molecular complexity index is 1620. The molecule has 4 nitrogen and oxygen atoms in total. The van der Waals surface area contributed by atoms with Crippen LogP contribution in [-0.4, -0.2) is 27.6 Å². The number of benzene rings is 4. The van der Waals surface area contributed by atoms with Crippen molar-refractivity contribution in [3.05, 3.63) is 146 Å². The number of halogens is 3. The van der Waals surface area contributed by atoms with Crippen molar-refractivity contribution in [1.82, 2.24) is 0 Å². The first kappa shape index (κ1) is 38.7. The highest BCUT2D eigenvalue weighted by Crippen LogP contribution is 2.35. The maximum atomic E-state index is 10.0. The molecule has 0 aliphatic heterocycles. The zero-order valence-electron chi connectivity index (χ0n) is 26.3. The van der Waals surface area contributed by atoms with Crippen molar-refractivity contribution >= 4 is 50.5 Å². The summed E-state index contributed by atoms with van der Waals surface area (Å²) in [5.74, 6) is 2.22. The molecular weight excluding hydrogens is 771 g/mol. The van der Waals surface area contributed by atoms with Gasteiger partial charge in [0.05, 0.1) is 14.2 Å². The molecule has 0 fully saturated rings. The van der Waals surface area contributed by atoms with Crippen LogP contribution in [0.5, 0.6) is 23.0 Å². The van der Waals surface area contributed by atoms with Crippen LogP contribution in [0.25, 0.3) is 22.3 Å². The van der Waals surface area contributed by atoms with Crippen molar-refractivity contribution in [2.24, 2.45) is 0 Å². The van der Waals surface area contributed by atoms with Gasteiger partial charge < -0.3 is 19.7 Å². The fourth-order valence-electron chi connectivity index (χ4n) is 4.72. The Morgan fingerprint density at radius 1 is 0.565 bits per heavy atom. The molecule has 0 amide bonds. The van der Waals surface area contributed by atoms with Gasteiger partial charge in [0, 0.05) is 11.1 Å². The van der Waals surface area contributed by atoms with E-state index in [4.69, 9.17) is 9.47 Å². The van der Waals surface area contributed by atoms with Crippen molar-refractivity contribution in [2.45, 2.75) is 25.7 Å². The molecule has 0 radical (unpaired) electrons. The summed E-state index contributed by atoms with van der Waals surface area (Å²) in [4.78, 5) is 0. The number of phenolic OH excluding ortho intramolecular Hbond substituents is 2. The molecule has 0 bridgehead atoms. The lowest BCUT2D eigenvalue weighted by molar-refractivity contribution is 0.410. The summed E-state index contributed by atoms with van der Waals surface area (Å²) in [7, 11) is 3.38. The number of phenols is 2. The molecule has 0 aliphatic carbocycles. The van der Waals surface area contributed by atoms with Gasteiger partial charge in [-0.15, -0.1) is 73.6 Å². The largest absolute Gasteiger partial charge is 0.508 e. The SMILES string of the molecule is BrB(Br)Br.C=CCc1ccc(O)c(-c2ccc(O)c(CC=C)c2)c1.C=CCc1ccc(OC)c(-c2ccc(OC)c(CC=C)c2)c1. The lowest BCUT2D eigenvalue weighted by atomic mass is 9.97. The normalized spacial score (nSPS) is 9.85. The van der Waals surface area contributed by atoms with E-state index in [0.717, 1.165) is 69.7 Å². The van der Waals surface area contributed by atoms with Crippen LogP contribution in [0.1, 0.15) is 22.3 Å². The average molecular weight is 811 g/mol. The molecule has 0 atom stereocenters. The number of methoxy groups -OCH3 is 2. The zero-order chi connectivity index (χ0) is 34.1. The van der Waals surface area contributed by atoms with Gasteiger partial charge in [-0.1, -0.05) is 48.6 Å². The molecule has 0 aliphatic rings. The van der Waals surface area contributed by atoms with E-state index in [2.05, 4.69) is 97.9 Å². The standard InChI is InChI=1S/C20H22O2.C18H18O2.BBr3/c1-5-7-15-9-11-20(22-4)18(13-15)16-10-12-19(21-3)17(14-16)8-6-2;1-3-5-13-7-9-18(20)16(11-13)14-8-10-17(19)15(12-14)6-4-2;2-1(3)4/h5-6,9-14H,1-2,7-8H2,3-4H3;3-4,7-12,19-20H,1-2,5-6H2;. The van der Waals surface area contributed by atoms with Crippen LogP contribution in [-0.2, 0) is 25.7 Å². The first-order chi connectivity index (χ1) is 22.1. The molecule has 4 rings (SSSR count). The first-order valence-electron chi connectivity index (χ1n) is 14.5. The monoisotopic (exact) mass is 808 g/mol. The lowest BCUT2D eigenvalue weighted by Crippen LogP contribution is -1.94. The Hall–Kier alpha value is -3.46. The van der Waals surface area contributed by atoms with E-state index in [9.17, 15) is 10.2 Å². The van der Waals surface area contributed by atoms with Crippen LogP contribution in [0, 0.1) is 0 Å². The fraction of sp³-hybridized carbons (Fsp3) is 0.158. The summed E-state index contributed by atoms with van der Waals surface area (Å²) in [6, 6.07) is 23.3. The highest BCUT2D eigenvalue weighted by Gasteiger charge is 2.11. The quantitative estimate of drug-likeness (QED) is 0.111. The zero-order valence-corrected chi connectivity index (χ0v) is 31.1. The van der Waals surface area contributed by atoms with Crippen LogP contribution in [0.4, 0.5) is 0 Å². The van der Waals surface area contributed by atoms with E-state index in [-0.39, 0.29) is 14.7 Å². The molecule has 46 heavy (non-hydrogen) atoms. The summed E-state index contributed by atoms with van der Waals surface area (Å²) in [5, 5.41) is 19.8. The molecule has 8 heteroatoms. The van der Waals surface area contributed by atoms with Gasteiger partial charge in [-0.3, -0.25) is 0 Å². The number of ether oxygens (including phenoxy) is 2. The van der Waals surface area contributed by atoms with Gasteiger partial charge in [-0.2, -0.15) is 0 Å². The minimum absolute atomic E-state index is 0.230. The van der Waals surface area contributed by atoms with Crippen LogP contribution in [0.15, 0.2) is 123 Å². The number of allylic oxidation sites excluding steroid dienone is 4. The number of hydrogen-bond acceptors (Lipinski definition) is 4. The van der Waals surface area contributed by atoms with Crippen LogP contribution < -0.4 is 9.47 Å². The van der Waals surface area contributed by atoms with E-state index >= 15 is 0 Å². The maximum Gasteiger partial charge on any atom is 0.369 e. The van der Waals surface area contributed by atoms with Gasteiger partial charge in [0.15, 0.2) is 0 Å². The van der Waals surface area contributed by atoms with Crippen molar-refractivity contribution < 1.29 is 19.7 Å². The highest BCUT2D eigenvalue weighted by molar-refractivity contribution is 9.69. The molecular formula is C38H40BBr3O4. The summed E-state index contributed by atoms with van der Waals surface area (Å²) in [6.45, 7) is 15.0. The van der Waals surface area contributed by atoms with Crippen molar-refractivity contribution in [3.8, 4) is 45.3 Å². The Morgan fingerprint density at radius 3 is 1.57 bits per heavy atom. The van der Waals surface area contributed by atoms with Gasteiger partial charge in [0.2, 0.25) is 0 Å². The molecule has 0 unspecified atom stereocenters. The topological polar surface area (TPSA) is 58.9 Å². The highest BCUT2D eigenvalue weighted by atomic mass is 79.9. The Kier molecular flexibility index (Phi) is 17.4. The smallest absolute Gasteiger partial charge is 0.369 e. The molecule has 0 aromatic heterocycles. The van der Waals surface area contributed by atoms with Gasteiger partial charge in [-0.25, -0.2) is 0 Å². The summed E-state index contributed by atoms with van der Waals surface area (Å²) in [5.41, 5.74) is 8.04. The van der Waals surface area contributed by atoms with E-state index in [0.29, 0.717) is 6.42 Å². The second-order valence-electron chi connectivity index (χ2n) is 9.97. The van der Waals surface area contributed by atoms with E-state index < -0.39 is 0 Å². The number of hydrogen-bond donors (Lipinski definition) is 2. The first-order valence-corrected chi connectivity index (χ1v) is 17.2. The summed E-state index contributed by atoms with van der Waals surface area (Å²) in [6.07, 6.45) is 10.3. The van der Waals surface area contributed by atoms with Crippen molar-refractivity contribution in [3.63, 3.8) is 0 Å². The van der Waals surface area contributed by atoms with Crippen LogP contribution in [0.3, 0.4) is 0 Å². The van der Waals surface area contributed by atoms with E-state index in [1.54, 1.807) is 38.5 Å². The average Bonchev–Trinajstić information content (AvgIpc) is 3.03. The molecule has 0 spiro atoms. The second kappa shape index (κ2) is 20.6. The van der Waals surface area contributed by atoms with Gasteiger partial charge in [0.1, 0.15) is 23.0 Å². The predicted octanol–water partition coefficient (Wildman–Crippen LogP) is 11.2. The third-order valence-corrected chi connectivity index (χ3v) is 6.80. The van der Waals surface area contributed by atoms with Gasteiger partial charge >= 0.3 is 3.18 Å². The third-order valence-electron chi connectivity index (χ3n) is 6.80. The molecule has 4 aromatic carbocycles. The van der Waals surface area contributed by atoms with Gasteiger partial charge in [0.25, 0.3) is 0 Å². The molecule has 240 valence electrons. The Labute approximate surface area is 299 Å². The third kappa shape index (κ3) is 12.0. The van der Waals surface area contributed by atoms with Crippen LogP contribution >= 0.6 is 47.3 Å². The fourth-order valence-corrected chi connectivity index (χ4v) is 4.72. The summed E-state index contributed by atoms with van der Waals surface area (Å²) < 4.78 is 11.2. The van der Waals surface area contributed by atoms with E-state index in [1.165, 1.54) is 5.56 Å². The van der Waals surface area contributed by atoms with Crippen molar-refractivity contribution in [2.75, 3.05) is 14.2 Å². The molecule has 4 aromatic rings. The molecule has 0 saturated carbocycles. The minimum Gasteiger partial charge on any atom is -0.508 e. The van der Waals surface area contributed by atoms with Crippen molar-refractivity contribution in [1.29, 1.82) is 0 Å². The molecule has 2 N–H and O–H groups in total. The van der Waals surface area contributed by atoms with Gasteiger partial charge in [-0.05, 0) is 108 Å². The summed E-state index contributed by atoms with van der Waals surface area (Å²) >= 11 is 9.31. The lowest BCUT2D eigenvalue weighted by Gasteiger charge is -2.13. The predicted molar refractivity (Wildman–Crippen MR) is 208 cm³/mol. The number of aromatic hydroxyl groups is 2. The Morgan fingerprint density at radius 2 is 1.00 bits per heavy atom. The van der Waals surface area contributed by atoms with E-state index in [1.807, 2.05) is 48.6 Å². The second-order valence-corrected chi connectivity index (χ2v) is 16.4.